The third-order valence-electron chi connectivity index (χ3n) is 4.22. The molecule has 0 saturated carbocycles. The minimum absolute atomic E-state index is 0.0180. The number of ether oxygens (including phenoxy) is 1. The van der Waals surface area contributed by atoms with Crippen LogP contribution in [0.25, 0.3) is 0 Å². The monoisotopic (exact) mass is 409 g/mol. The number of nitrogens with zero attached hydrogens (tertiary/aromatic N) is 1. The first-order chi connectivity index (χ1) is 9.43. The lowest BCUT2D eigenvalue weighted by molar-refractivity contribution is -0.144. The van der Waals surface area contributed by atoms with Gasteiger partial charge < -0.3 is 9.84 Å². The van der Waals surface area contributed by atoms with E-state index < -0.39 is 17.8 Å². The maximum atomic E-state index is 12.4. The van der Waals surface area contributed by atoms with Gasteiger partial charge >= 0.3 is 5.97 Å². The number of imide groups is 1. The van der Waals surface area contributed by atoms with Crippen molar-refractivity contribution in [2.24, 2.45) is 11.8 Å². The van der Waals surface area contributed by atoms with Crippen molar-refractivity contribution in [1.29, 1.82) is 0 Å². The normalized spacial score (nSPS) is 42.4. The molecule has 110 valence electrons. The highest BCUT2D eigenvalue weighted by Gasteiger charge is 2.67. The van der Waals surface area contributed by atoms with Crippen molar-refractivity contribution in [3.05, 3.63) is 0 Å². The Morgan fingerprint density at radius 1 is 1.15 bits per heavy atom. The number of alkyl halides is 2. The van der Waals surface area contributed by atoms with E-state index in [9.17, 15) is 14.4 Å². The molecule has 3 aliphatic rings. The summed E-state index contributed by atoms with van der Waals surface area (Å²) < 4.78 is 5.74. The molecule has 3 aliphatic heterocycles. The summed E-state index contributed by atoms with van der Waals surface area (Å²) >= 11 is 7.01. The minimum atomic E-state index is -0.922. The zero-order valence-corrected chi connectivity index (χ0v) is 13.5. The number of amides is 2. The lowest BCUT2D eigenvalue weighted by Gasteiger charge is -2.24. The van der Waals surface area contributed by atoms with Gasteiger partial charge in [-0.1, -0.05) is 31.9 Å². The van der Waals surface area contributed by atoms with Crippen LogP contribution in [0.5, 0.6) is 0 Å². The van der Waals surface area contributed by atoms with E-state index in [1.165, 1.54) is 4.90 Å². The second-order valence-corrected chi connectivity index (χ2v) is 7.45. The van der Waals surface area contributed by atoms with Gasteiger partial charge in [-0.15, -0.1) is 0 Å². The van der Waals surface area contributed by atoms with Crippen LogP contribution in [0, 0.1) is 11.8 Å². The first-order valence-corrected chi connectivity index (χ1v) is 8.27. The first-order valence-electron chi connectivity index (χ1n) is 6.44. The molecule has 0 aliphatic carbocycles. The molecule has 0 aromatic rings. The van der Waals surface area contributed by atoms with E-state index in [1.807, 2.05) is 0 Å². The fraction of sp³-hybridized carbons (Fsp3) is 0.750. The topological polar surface area (TPSA) is 83.9 Å². The molecule has 2 bridgehead atoms. The summed E-state index contributed by atoms with van der Waals surface area (Å²) in [5, 5.41) is 8.62. The molecule has 0 unspecified atom stereocenters. The SMILES string of the molecule is O=C(O)CCCN1C(=O)[C@@H]2[C@H]3O[C@@H]([C@@H](Br)[C@H]3Br)[C@@H]2C1=O. The molecule has 3 heterocycles. The van der Waals surface area contributed by atoms with Gasteiger partial charge in [-0.25, -0.2) is 0 Å². The van der Waals surface area contributed by atoms with E-state index in [2.05, 4.69) is 31.9 Å². The van der Waals surface area contributed by atoms with Crippen LogP contribution >= 0.6 is 31.9 Å². The predicted octanol–water partition coefficient (Wildman–Crippen LogP) is 0.760. The maximum Gasteiger partial charge on any atom is 0.303 e. The lowest BCUT2D eigenvalue weighted by Crippen LogP contribution is -2.42. The van der Waals surface area contributed by atoms with Crippen LogP contribution in [0.1, 0.15) is 12.8 Å². The molecule has 6 atom stereocenters. The van der Waals surface area contributed by atoms with Gasteiger partial charge in [-0.05, 0) is 6.42 Å². The smallest absolute Gasteiger partial charge is 0.303 e. The third-order valence-corrected chi connectivity index (χ3v) is 7.11. The molecule has 20 heavy (non-hydrogen) atoms. The summed E-state index contributed by atoms with van der Waals surface area (Å²) in [6.45, 7) is 0.177. The largest absolute Gasteiger partial charge is 0.481 e. The molecule has 8 heteroatoms. The van der Waals surface area contributed by atoms with E-state index in [-0.39, 0.29) is 53.1 Å². The van der Waals surface area contributed by atoms with Crippen molar-refractivity contribution in [2.45, 2.75) is 34.7 Å². The lowest BCUT2D eigenvalue weighted by atomic mass is 9.81. The Bertz CT molecular complexity index is 452. The molecular formula is C12H13Br2NO5. The number of carbonyl (C=O) groups excluding carboxylic acids is 2. The Balaban J connectivity index is 1.74. The number of aliphatic carboxylic acids is 1. The van der Waals surface area contributed by atoms with Gasteiger partial charge in [0.25, 0.3) is 0 Å². The van der Waals surface area contributed by atoms with Crippen LogP contribution in [-0.2, 0) is 19.1 Å². The number of carboxylic acid groups (broad SMARTS) is 1. The molecular weight excluding hydrogens is 398 g/mol. The molecule has 1 N–H and O–H groups in total. The van der Waals surface area contributed by atoms with Crippen molar-refractivity contribution in [2.75, 3.05) is 6.54 Å². The fourth-order valence-electron chi connectivity index (χ4n) is 3.33. The average molecular weight is 411 g/mol. The number of hydrogen-bond acceptors (Lipinski definition) is 4. The average Bonchev–Trinajstić information content (AvgIpc) is 2.97. The number of halogens is 2. The van der Waals surface area contributed by atoms with Crippen LogP contribution in [0.4, 0.5) is 0 Å². The zero-order valence-electron chi connectivity index (χ0n) is 10.4. The van der Waals surface area contributed by atoms with E-state index in [0.717, 1.165) is 0 Å². The van der Waals surface area contributed by atoms with Gasteiger partial charge in [-0.2, -0.15) is 0 Å². The zero-order chi connectivity index (χ0) is 14.6. The van der Waals surface area contributed by atoms with E-state index in [0.29, 0.717) is 0 Å². The Hall–Kier alpha value is -0.470. The fourth-order valence-corrected chi connectivity index (χ4v) is 4.84. The van der Waals surface area contributed by atoms with Gasteiger partial charge in [0.15, 0.2) is 0 Å². The highest BCUT2D eigenvalue weighted by atomic mass is 79.9. The Morgan fingerprint density at radius 3 is 2.10 bits per heavy atom. The predicted molar refractivity (Wildman–Crippen MR) is 74.7 cm³/mol. The molecule has 3 fully saturated rings. The van der Waals surface area contributed by atoms with Crippen molar-refractivity contribution in [1.82, 2.24) is 4.90 Å². The molecule has 3 rings (SSSR count). The Morgan fingerprint density at radius 2 is 1.65 bits per heavy atom. The molecule has 3 saturated heterocycles. The number of carbonyl (C=O) groups is 3. The number of hydrogen-bond donors (Lipinski definition) is 1. The minimum Gasteiger partial charge on any atom is -0.481 e. The summed E-state index contributed by atoms with van der Waals surface area (Å²) in [4.78, 5) is 36.5. The Labute approximate surface area is 132 Å². The summed E-state index contributed by atoms with van der Waals surface area (Å²) in [5.41, 5.74) is 0. The Kier molecular flexibility index (Phi) is 3.66. The van der Waals surface area contributed by atoms with E-state index >= 15 is 0 Å². The third kappa shape index (κ3) is 1.95. The van der Waals surface area contributed by atoms with Gasteiger partial charge in [-0.3, -0.25) is 19.3 Å². The number of carboxylic acids is 1. The second kappa shape index (κ2) is 5.06. The van der Waals surface area contributed by atoms with Crippen LogP contribution in [-0.4, -0.2) is 56.2 Å². The van der Waals surface area contributed by atoms with Crippen LogP contribution in [0.3, 0.4) is 0 Å². The quantitative estimate of drug-likeness (QED) is 0.546. The molecule has 0 aromatic carbocycles. The van der Waals surface area contributed by atoms with Gasteiger partial charge in [0.2, 0.25) is 11.8 Å². The number of fused-ring (bicyclic) bond motifs is 5. The summed E-state index contributed by atoms with van der Waals surface area (Å²) in [6, 6.07) is 0. The van der Waals surface area contributed by atoms with Crippen molar-refractivity contribution >= 4 is 49.6 Å². The van der Waals surface area contributed by atoms with Crippen LogP contribution in [0.2, 0.25) is 0 Å². The first kappa shape index (κ1) is 14.5. The molecule has 6 nitrogen and oxygen atoms in total. The van der Waals surface area contributed by atoms with Crippen molar-refractivity contribution in [3.8, 4) is 0 Å². The summed E-state index contributed by atoms with van der Waals surface area (Å²) in [6.07, 6.45) is -0.318. The van der Waals surface area contributed by atoms with Gasteiger partial charge in [0.05, 0.1) is 33.7 Å². The number of rotatable bonds is 4. The maximum absolute atomic E-state index is 12.4. The highest BCUT2D eigenvalue weighted by molar-refractivity contribution is 9.12. The van der Waals surface area contributed by atoms with Gasteiger partial charge in [0.1, 0.15) is 0 Å². The highest BCUT2D eigenvalue weighted by Crippen LogP contribution is 2.52. The van der Waals surface area contributed by atoms with Gasteiger partial charge in [0, 0.05) is 13.0 Å². The number of likely N-dealkylation sites (tertiary alicyclic amines) is 1. The molecule has 0 aromatic heterocycles. The molecule has 0 radical (unpaired) electrons. The van der Waals surface area contributed by atoms with Crippen LogP contribution in [0.15, 0.2) is 0 Å². The van der Waals surface area contributed by atoms with E-state index in [4.69, 9.17) is 9.84 Å². The second-order valence-electron chi connectivity index (χ2n) is 5.33. The standard InChI is InChI=1S/C12H13Br2NO5/c13-7-8(14)10-6-5(9(7)20-10)11(18)15(12(6)19)3-1-2-4(16)17/h5-10H,1-3H2,(H,16,17)/t5-,6+,7+,8-,9-,10-/m1/s1. The van der Waals surface area contributed by atoms with Crippen LogP contribution < -0.4 is 0 Å². The molecule has 0 spiro atoms. The van der Waals surface area contributed by atoms with Crippen molar-refractivity contribution in [3.63, 3.8) is 0 Å². The summed E-state index contributed by atoms with van der Waals surface area (Å²) in [7, 11) is 0. The van der Waals surface area contributed by atoms with Crippen molar-refractivity contribution < 1.29 is 24.2 Å². The van der Waals surface area contributed by atoms with E-state index in [1.54, 1.807) is 0 Å². The summed E-state index contributed by atoms with van der Waals surface area (Å²) in [5.74, 6) is -2.21. The molecule has 2 amide bonds.